The molecular weight excluding hydrogens is 314 g/mol. The van der Waals surface area contributed by atoms with E-state index in [-0.39, 0.29) is 18.2 Å². The van der Waals surface area contributed by atoms with Gasteiger partial charge in [-0.05, 0) is 19.1 Å². The summed E-state index contributed by atoms with van der Waals surface area (Å²) < 4.78 is 5.30. The lowest BCUT2D eigenvalue weighted by atomic mass is 10.2. The minimum atomic E-state index is -0.432. The van der Waals surface area contributed by atoms with E-state index in [9.17, 15) is 9.59 Å². The van der Waals surface area contributed by atoms with Crippen molar-refractivity contribution in [3.63, 3.8) is 0 Å². The highest BCUT2D eigenvalue weighted by Crippen LogP contribution is 2.28. The minimum absolute atomic E-state index is 0.134. The van der Waals surface area contributed by atoms with E-state index in [0.29, 0.717) is 18.4 Å². The molecule has 0 radical (unpaired) electrons. The molecule has 0 unspecified atom stereocenters. The van der Waals surface area contributed by atoms with Crippen molar-refractivity contribution in [1.29, 1.82) is 0 Å². The molecule has 1 fully saturated rings. The van der Waals surface area contributed by atoms with Gasteiger partial charge in [0.25, 0.3) is 5.91 Å². The van der Waals surface area contributed by atoms with Crippen molar-refractivity contribution in [3.05, 3.63) is 29.8 Å². The number of benzene rings is 1. The molecule has 0 aromatic heterocycles. The van der Waals surface area contributed by atoms with Crippen LogP contribution in [0.2, 0.25) is 0 Å². The number of morpholine rings is 1. The molecule has 2 amide bonds. The van der Waals surface area contributed by atoms with Crippen LogP contribution in [0.15, 0.2) is 29.3 Å². The monoisotopic (exact) mass is 333 g/mol. The summed E-state index contributed by atoms with van der Waals surface area (Å²) >= 11 is 1.38. The van der Waals surface area contributed by atoms with Crippen molar-refractivity contribution in [1.82, 2.24) is 4.90 Å². The Bertz CT molecular complexity index is 624. The second-order valence-corrected chi connectivity index (χ2v) is 6.73. The highest BCUT2D eigenvalue weighted by Gasteiger charge is 2.33. The molecule has 2 aliphatic rings. The number of amidine groups is 1. The van der Waals surface area contributed by atoms with Crippen LogP contribution in [0.5, 0.6) is 0 Å². The van der Waals surface area contributed by atoms with E-state index < -0.39 is 5.25 Å². The zero-order valence-corrected chi connectivity index (χ0v) is 13.8. The molecule has 0 spiro atoms. The summed E-state index contributed by atoms with van der Waals surface area (Å²) in [4.78, 5) is 30.3. The Labute approximate surface area is 139 Å². The number of carbonyl (C=O) groups is 2. The predicted octanol–water partition coefficient (Wildman–Crippen LogP) is 1.65. The standard InChI is InChI=1S/C16H19N3O3S/c1-11-2-4-12(5-3-11)17-14(20)10-13-15(21)18-16(23-13)19-6-8-22-9-7-19/h2-5,13H,6-10H2,1H3,(H,17,20)/t13-/m0/s1. The molecule has 1 atom stereocenters. The van der Waals surface area contributed by atoms with E-state index >= 15 is 0 Å². The quantitative estimate of drug-likeness (QED) is 0.911. The van der Waals surface area contributed by atoms with E-state index in [1.165, 1.54) is 11.8 Å². The first-order valence-corrected chi connectivity index (χ1v) is 8.48. The van der Waals surface area contributed by atoms with Gasteiger partial charge in [-0.3, -0.25) is 9.59 Å². The number of thioether (sulfide) groups is 1. The van der Waals surface area contributed by atoms with Crippen molar-refractivity contribution in [2.45, 2.75) is 18.6 Å². The SMILES string of the molecule is Cc1ccc(NC(=O)C[C@@H]2SC(N3CCOCC3)=NC2=O)cc1. The Morgan fingerprint density at radius 1 is 1.35 bits per heavy atom. The van der Waals surface area contributed by atoms with E-state index in [4.69, 9.17) is 4.74 Å². The van der Waals surface area contributed by atoms with Gasteiger partial charge in [-0.1, -0.05) is 29.5 Å². The number of carbonyl (C=O) groups excluding carboxylic acids is 2. The van der Waals surface area contributed by atoms with Gasteiger partial charge in [0.05, 0.1) is 13.2 Å². The van der Waals surface area contributed by atoms with Crippen molar-refractivity contribution in [2.24, 2.45) is 4.99 Å². The Morgan fingerprint density at radius 2 is 2.04 bits per heavy atom. The summed E-state index contributed by atoms with van der Waals surface area (Å²) in [6.07, 6.45) is 0.134. The fourth-order valence-electron chi connectivity index (χ4n) is 2.42. The number of rotatable bonds is 3. The zero-order chi connectivity index (χ0) is 16.2. The number of hydrogen-bond acceptors (Lipinski definition) is 5. The molecule has 0 aliphatic carbocycles. The van der Waals surface area contributed by atoms with E-state index in [1.807, 2.05) is 36.1 Å². The third-order valence-electron chi connectivity index (χ3n) is 3.72. The van der Waals surface area contributed by atoms with Gasteiger partial charge in [-0.15, -0.1) is 0 Å². The third kappa shape index (κ3) is 4.11. The Morgan fingerprint density at radius 3 is 2.74 bits per heavy atom. The maximum absolute atomic E-state index is 12.1. The van der Waals surface area contributed by atoms with E-state index in [1.54, 1.807) is 0 Å². The minimum Gasteiger partial charge on any atom is -0.378 e. The highest BCUT2D eigenvalue weighted by molar-refractivity contribution is 8.15. The molecule has 1 N–H and O–H groups in total. The molecule has 122 valence electrons. The van der Waals surface area contributed by atoms with Crippen LogP contribution in [0.1, 0.15) is 12.0 Å². The van der Waals surface area contributed by atoms with Crippen molar-refractivity contribution >= 4 is 34.4 Å². The van der Waals surface area contributed by atoms with Gasteiger partial charge in [0.1, 0.15) is 5.25 Å². The predicted molar refractivity (Wildman–Crippen MR) is 90.6 cm³/mol. The summed E-state index contributed by atoms with van der Waals surface area (Å²) in [5.41, 5.74) is 1.87. The van der Waals surface area contributed by atoms with E-state index in [0.717, 1.165) is 24.3 Å². The molecule has 7 heteroatoms. The molecule has 1 saturated heterocycles. The van der Waals surface area contributed by atoms with Gasteiger partial charge in [0, 0.05) is 25.2 Å². The maximum Gasteiger partial charge on any atom is 0.262 e. The first-order valence-electron chi connectivity index (χ1n) is 7.60. The molecule has 0 saturated carbocycles. The van der Waals surface area contributed by atoms with Crippen LogP contribution in [0.3, 0.4) is 0 Å². The third-order valence-corrected chi connectivity index (χ3v) is 4.93. The Hall–Kier alpha value is -1.86. The normalized spacial score (nSPS) is 21.3. The van der Waals surface area contributed by atoms with Crippen molar-refractivity contribution in [2.75, 3.05) is 31.6 Å². The van der Waals surface area contributed by atoms with Crippen LogP contribution in [0, 0.1) is 6.92 Å². The van der Waals surface area contributed by atoms with Crippen LogP contribution >= 0.6 is 11.8 Å². The first kappa shape index (κ1) is 16.0. The van der Waals surface area contributed by atoms with Crippen LogP contribution < -0.4 is 5.32 Å². The number of aliphatic imine (C=N–C) groups is 1. The molecule has 2 heterocycles. The fraction of sp³-hybridized carbons (Fsp3) is 0.438. The number of ether oxygens (including phenoxy) is 1. The molecule has 6 nitrogen and oxygen atoms in total. The lowest BCUT2D eigenvalue weighted by Gasteiger charge is -2.27. The summed E-state index contributed by atoms with van der Waals surface area (Å²) in [5.74, 6) is -0.395. The summed E-state index contributed by atoms with van der Waals surface area (Å²) in [6, 6.07) is 7.58. The topological polar surface area (TPSA) is 71.0 Å². The molecule has 23 heavy (non-hydrogen) atoms. The Balaban J connectivity index is 1.53. The van der Waals surface area contributed by atoms with E-state index in [2.05, 4.69) is 10.3 Å². The van der Waals surface area contributed by atoms with Crippen LogP contribution in [-0.2, 0) is 14.3 Å². The van der Waals surface area contributed by atoms with Crippen molar-refractivity contribution < 1.29 is 14.3 Å². The summed E-state index contributed by atoms with van der Waals surface area (Å²) in [6.45, 7) is 4.76. The first-order chi connectivity index (χ1) is 11.1. The molecule has 2 aliphatic heterocycles. The number of nitrogens with one attached hydrogen (secondary N) is 1. The van der Waals surface area contributed by atoms with Gasteiger partial charge < -0.3 is 15.0 Å². The second kappa shape index (κ2) is 7.14. The molecule has 1 aromatic carbocycles. The van der Waals surface area contributed by atoms with Crippen LogP contribution in [0.25, 0.3) is 0 Å². The highest BCUT2D eigenvalue weighted by atomic mass is 32.2. The fourth-order valence-corrected chi connectivity index (χ4v) is 3.53. The smallest absolute Gasteiger partial charge is 0.262 e. The van der Waals surface area contributed by atoms with Gasteiger partial charge >= 0.3 is 0 Å². The van der Waals surface area contributed by atoms with Gasteiger partial charge in [0.2, 0.25) is 5.91 Å². The van der Waals surface area contributed by atoms with Crippen molar-refractivity contribution in [3.8, 4) is 0 Å². The average molecular weight is 333 g/mol. The second-order valence-electron chi connectivity index (χ2n) is 5.56. The Kier molecular flexibility index (Phi) is 4.97. The van der Waals surface area contributed by atoms with Crippen LogP contribution in [0.4, 0.5) is 5.69 Å². The number of anilines is 1. The number of amides is 2. The van der Waals surface area contributed by atoms with Gasteiger partial charge in [-0.25, -0.2) is 0 Å². The lowest BCUT2D eigenvalue weighted by molar-refractivity contribution is -0.121. The zero-order valence-electron chi connectivity index (χ0n) is 12.9. The summed E-state index contributed by atoms with van der Waals surface area (Å²) in [5, 5.41) is 3.10. The number of nitrogens with zero attached hydrogens (tertiary/aromatic N) is 2. The molecule has 1 aromatic rings. The van der Waals surface area contributed by atoms with Gasteiger partial charge in [-0.2, -0.15) is 4.99 Å². The molecular formula is C16H19N3O3S. The van der Waals surface area contributed by atoms with Crippen LogP contribution in [-0.4, -0.2) is 53.4 Å². The number of aryl methyl sites for hydroxylation is 1. The van der Waals surface area contributed by atoms with Gasteiger partial charge in [0.15, 0.2) is 5.17 Å². The molecule has 3 rings (SSSR count). The maximum atomic E-state index is 12.1. The number of hydrogen-bond donors (Lipinski definition) is 1. The molecule has 0 bridgehead atoms. The average Bonchev–Trinajstić information content (AvgIpc) is 2.91. The largest absolute Gasteiger partial charge is 0.378 e. The lowest BCUT2D eigenvalue weighted by Crippen LogP contribution is -2.39. The summed E-state index contributed by atoms with van der Waals surface area (Å²) in [7, 11) is 0.